The Balaban J connectivity index is 2.13. The first-order chi connectivity index (χ1) is 9.38. The van der Waals surface area contributed by atoms with Gasteiger partial charge in [-0.05, 0) is 35.1 Å². The molecule has 1 atom stereocenters. The molecule has 0 aliphatic rings. The van der Waals surface area contributed by atoms with E-state index in [1.807, 2.05) is 13.0 Å². The van der Waals surface area contributed by atoms with Gasteiger partial charge in [-0.2, -0.15) is 0 Å². The molecule has 0 saturated heterocycles. The third kappa shape index (κ3) is 3.45. The molecule has 0 bridgehead atoms. The van der Waals surface area contributed by atoms with E-state index < -0.39 is 6.10 Å². The van der Waals surface area contributed by atoms with Crippen molar-refractivity contribution >= 4 is 0 Å². The normalized spacial score (nSPS) is 13.2. The van der Waals surface area contributed by atoms with Crippen molar-refractivity contribution in [1.29, 1.82) is 0 Å². The minimum Gasteiger partial charge on any atom is -0.388 e. The largest absolute Gasteiger partial charge is 0.388 e. The van der Waals surface area contributed by atoms with Gasteiger partial charge in [0.25, 0.3) is 0 Å². The van der Waals surface area contributed by atoms with Gasteiger partial charge in [-0.3, -0.25) is 4.98 Å². The highest BCUT2D eigenvalue weighted by molar-refractivity contribution is 5.30. The Labute approximate surface area is 121 Å². The number of pyridine rings is 1. The summed E-state index contributed by atoms with van der Waals surface area (Å²) in [7, 11) is 0. The molecule has 0 radical (unpaired) electrons. The van der Waals surface area contributed by atoms with Crippen LogP contribution < -0.4 is 0 Å². The number of rotatable bonds is 3. The molecule has 1 unspecified atom stereocenters. The van der Waals surface area contributed by atoms with Gasteiger partial charge in [-0.25, -0.2) is 0 Å². The summed E-state index contributed by atoms with van der Waals surface area (Å²) in [5.41, 5.74) is 4.62. The molecule has 0 aliphatic heterocycles. The number of aliphatic hydroxyl groups is 1. The third-order valence-corrected chi connectivity index (χ3v) is 3.69. The van der Waals surface area contributed by atoms with Crippen LogP contribution in [0.1, 0.15) is 49.1 Å². The van der Waals surface area contributed by atoms with Crippen LogP contribution >= 0.6 is 0 Å². The van der Waals surface area contributed by atoms with Gasteiger partial charge in [0.2, 0.25) is 0 Å². The second-order valence-electron chi connectivity index (χ2n) is 6.40. The fourth-order valence-electron chi connectivity index (χ4n) is 2.30. The molecule has 20 heavy (non-hydrogen) atoms. The number of aliphatic hydroxyl groups excluding tert-OH is 1. The zero-order valence-electron chi connectivity index (χ0n) is 12.7. The van der Waals surface area contributed by atoms with Crippen molar-refractivity contribution in [3.05, 3.63) is 65.0 Å². The molecule has 0 saturated carbocycles. The highest BCUT2D eigenvalue weighted by Crippen LogP contribution is 2.24. The Hall–Kier alpha value is -1.67. The number of benzene rings is 1. The summed E-state index contributed by atoms with van der Waals surface area (Å²) < 4.78 is 0. The lowest BCUT2D eigenvalue weighted by atomic mass is 9.86. The fraction of sp³-hybridized carbons (Fsp3) is 0.389. The first kappa shape index (κ1) is 14.7. The summed E-state index contributed by atoms with van der Waals surface area (Å²) in [6.07, 6.45) is 3.63. The highest BCUT2D eigenvalue weighted by Gasteiger charge is 2.14. The summed E-state index contributed by atoms with van der Waals surface area (Å²) in [6.45, 7) is 8.62. The number of nitrogens with zero attached hydrogens (tertiary/aromatic N) is 1. The zero-order chi connectivity index (χ0) is 14.8. The Morgan fingerprint density at radius 3 is 2.30 bits per heavy atom. The predicted molar refractivity (Wildman–Crippen MR) is 82.8 cm³/mol. The maximum atomic E-state index is 10.3. The number of aromatic nitrogens is 1. The number of hydrogen-bond donors (Lipinski definition) is 1. The monoisotopic (exact) mass is 269 g/mol. The minimum absolute atomic E-state index is 0.164. The molecule has 2 rings (SSSR count). The molecule has 1 N–H and O–H groups in total. The molecule has 106 valence electrons. The standard InChI is InChI=1S/C18H23NO/c1-13-9-10-19-12-16(13)17(20)11-14-5-7-15(8-6-14)18(2,3)4/h5-10,12,17,20H,11H2,1-4H3. The molecule has 1 aromatic carbocycles. The van der Waals surface area contributed by atoms with E-state index in [1.165, 1.54) is 5.56 Å². The predicted octanol–water partition coefficient (Wildman–Crippen LogP) is 3.96. The van der Waals surface area contributed by atoms with E-state index in [1.54, 1.807) is 12.4 Å². The van der Waals surface area contributed by atoms with E-state index in [2.05, 4.69) is 50.0 Å². The average molecular weight is 269 g/mol. The fourth-order valence-corrected chi connectivity index (χ4v) is 2.30. The second kappa shape index (κ2) is 5.76. The van der Waals surface area contributed by atoms with Crippen LogP contribution in [0.15, 0.2) is 42.7 Å². The van der Waals surface area contributed by atoms with Crippen molar-refractivity contribution < 1.29 is 5.11 Å². The molecule has 0 fully saturated rings. The Kier molecular flexibility index (Phi) is 4.24. The molecule has 1 aromatic heterocycles. The van der Waals surface area contributed by atoms with Crippen molar-refractivity contribution in [2.75, 3.05) is 0 Å². The van der Waals surface area contributed by atoms with Crippen molar-refractivity contribution in [1.82, 2.24) is 4.98 Å². The summed E-state index contributed by atoms with van der Waals surface area (Å²) in [5, 5.41) is 10.3. The van der Waals surface area contributed by atoms with E-state index in [0.717, 1.165) is 16.7 Å². The lowest BCUT2D eigenvalue weighted by Gasteiger charge is -2.19. The van der Waals surface area contributed by atoms with Gasteiger partial charge in [0, 0.05) is 24.4 Å². The number of aryl methyl sites for hydroxylation is 1. The molecule has 0 amide bonds. The first-order valence-corrected chi connectivity index (χ1v) is 7.06. The number of hydrogen-bond acceptors (Lipinski definition) is 2. The Morgan fingerprint density at radius 1 is 1.10 bits per heavy atom. The van der Waals surface area contributed by atoms with E-state index >= 15 is 0 Å². The van der Waals surface area contributed by atoms with Crippen LogP contribution in [0.25, 0.3) is 0 Å². The van der Waals surface area contributed by atoms with Gasteiger partial charge in [0.1, 0.15) is 0 Å². The van der Waals surface area contributed by atoms with Crippen LogP contribution in [0.3, 0.4) is 0 Å². The van der Waals surface area contributed by atoms with Crippen LogP contribution in [0.4, 0.5) is 0 Å². The highest BCUT2D eigenvalue weighted by atomic mass is 16.3. The molecule has 0 aliphatic carbocycles. The van der Waals surface area contributed by atoms with Gasteiger partial charge in [-0.15, -0.1) is 0 Å². The second-order valence-corrected chi connectivity index (χ2v) is 6.40. The van der Waals surface area contributed by atoms with Gasteiger partial charge >= 0.3 is 0 Å². The lowest BCUT2D eigenvalue weighted by Crippen LogP contribution is -2.11. The van der Waals surface area contributed by atoms with E-state index in [9.17, 15) is 5.11 Å². The Bertz CT molecular complexity index is 567. The van der Waals surface area contributed by atoms with Crippen LogP contribution in [-0.4, -0.2) is 10.1 Å². The summed E-state index contributed by atoms with van der Waals surface area (Å²) >= 11 is 0. The van der Waals surface area contributed by atoms with E-state index in [4.69, 9.17) is 0 Å². The smallest absolute Gasteiger partial charge is 0.0847 e. The minimum atomic E-state index is -0.496. The topological polar surface area (TPSA) is 33.1 Å². The summed E-state index contributed by atoms with van der Waals surface area (Å²) in [4.78, 5) is 4.09. The molecular formula is C18H23NO. The van der Waals surface area contributed by atoms with Crippen LogP contribution in [0.5, 0.6) is 0 Å². The summed E-state index contributed by atoms with van der Waals surface area (Å²) in [6, 6.07) is 10.4. The Morgan fingerprint density at radius 2 is 1.75 bits per heavy atom. The molecule has 2 nitrogen and oxygen atoms in total. The molecule has 1 heterocycles. The maximum absolute atomic E-state index is 10.3. The van der Waals surface area contributed by atoms with Gasteiger partial charge in [0.15, 0.2) is 0 Å². The quantitative estimate of drug-likeness (QED) is 0.914. The molecule has 2 heteroatoms. The van der Waals surface area contributed by atoms with Crippen molar-refractivity contribution in [3.8, 4) is 0 Å². The van der Waals surface area contributed by atoms with Crippen molar-refractivity contribution in [2.24, 2.45) is 0 Å². The van der Waals surface area contributed by atoms with Gasteiger partial charge < -0.3 is 5.11 Å². The first-order valence-electron chi connectivity index (χ1n) is 7.06. The van der Waals surface area contributed by atoms with Gasteiger partial charge in [-0.1, -0.05) is 45.0 Å². The summed E-state index contributed by atoms with van der Waals surface area (Å²) in [5.74, 6) is 0. The molecule has 0 spiro atoms. The SMILES string of the molecule is Cc1ccncc1C(O)Cc1ccc(C(C)(C)C)cc1. The van der Waals surface area contributed by atoms with Crippen LogP contribution in [-0.2, 0) is 11.8 Å². The lowest BCUT2D eigenvalue weighted by molar-refractivity contribution is 0.177. The average Bonchev–Trinajstić information content (AvgIpc) is 2.38. The van der Waals surface area contributed by atoms with E-state index in [0.29, 0.717) is 6.42 Å². The van der Waals surface area contributed by atoms with E-state index in [-0.39, 0.29) is 5.41 Å². The third-order valence-electron chi connectivity index (χ3n) is 3.69. The van der Waals surface area contributed by atoms with Crippen LogP contribution in [0.2, 0.25) is 0 Å². The zero-order valence-corrected chi connectivity index (χ0v) is 12.7. The van der Waals surface area contributed by atoms with Crippen LogP contribution in [0, 0.1) is 6.92 Å². The van der Waals surface area contributed by atoms with Crippen molar-refractivity contribution in [2.45, 2.75) is 45.6 Å². The molecular weight excluding hydrogens is 246 g/mol. The molecule has 2 aromatic rings. The van der Waals surface area contributed by atoms with Crippen molar-refractivity contribution in [3.63, 3.8) is 0 Å². The maximum Gasteiger partial charge on any atom is 0.0847 e. The van der Waals surface area contributed by atoms with Gasteiger partial charge in [0.05, 0.1) is 6.10 Å².